The van der Waals surface area contributed by atoms with E-state index in [4.69, 9.17) is 4.74 Å². The highest BCUT2D eigenvalue weighted by Crippen LogP contribution is 2.14. The summed E-state index contributed by atoms with van der Waals surface area (Å²) in [6.45, 7) is 1.25. The minimum atomic E-state index is -1.09. The van der Waals surface area contributed by atoms with E-state index >= 15 is 0 Å². The number of carbonyl (C=O) groups excluding carboxylic acids is 2. The van der Waals surface area contributed by atoms with Crippen molar-refractivity contribution in [1.29, 1.82) is 0 Å². The van der Waals surface area contributed by atoms with E-state index in [0.29, 0.717) is 12.1 Å². The van der Waals surface area contributed by atoms with Gasteiger partial charge in [0.25, 0.3) is 5.91 Å². The summed E-state index contributed by atoms with van der Waals surface area (Å²) in [6.07, 6.45) is 0.516. The Labute approximate surface area is 128 Å². The van der Waals surface area contributed by atoms with Gasteiger partial charge in [0.2, 0.25) is 0 Å². The monoisotopic (exact) mass is 327 g/mol. The molecule has 0 fully saturated rings. The number of ether oxygens (including phenoxy) is 1. The van der Waals surface area contributed by atoms with Crippen LogP contribution in [0.3, 0.4) is 0 Å². The van der Waals surface area contributed by atoms with Gasteiger partial charge in [0, 0.05) is 11.8 Å². The first kappa shape index (κ1) is 16.0. The number of anilines is 1. The van der Waals surface area contributed by atoms with Crippen LogP contribution in [0.5, 0.6) is 0 Å². The fraction of sp³-hybridized carbons (Fsp3) is 0.231. The number of benzene rings is 1. The van der Waals surface area contributed by atoms with E-state index in [1.165, 1.54) is 6.07 Å². The molecule has 0 aliphatic heterocycles. The molecule has 1 aromatic heterocycles. The van der Waals surface area contributed by atoms with Crippen LogP contribution in [0.25, 0.3) is 0 Å². The van der Waals surface area contributed by atoms with Crippen LogP contribution in [-0.4, -0.2) is 28.1 Å². The van der Waals surface area contributed by atoms with Gasteiger partial charge >= 0.3 is 5.97 Å². The molecule has 0 aliphatic rings. The maximum absolute atomic E-state index is 13.0. The van der Waals surface area contributed by atoms with E-state index in [-0.39, 0.29) is 10.6 Å². The van der Waals surface area contributed by atoms with E-state index in [9.17, 15) is 18.4 Å². The van der Waals surface area contributed by atoms with Crippen LogP contribution in [0.1, 0.15) is 22.3 Å². The summed E-state index contributed by atoms with van der Waals surface area (Å²) >= 11 is 0.883. The zero-order valence-electron chi connectivity index (χ0n) is 11.4. The van der Waals surface area contributed by atoms with Gasteiger partial charge in [-0.1, -0.05) is 11.4 Å². The lowest BCUT2D eigenvalue weighted by atomic mass is 10.3. The molecule has 0 saturated heterocycles. The van der Waals surface area contributed by atoms with Gasteiger partial charge in [-0.3, -0.25) is 4.79 Å². The third-order valence-corrected chi connectivity index (χ3v) is 3.36. The molecule has 0 aliphatic carbocycles. The number of aryl methyl sites for hydroxylation is 1. The standard InChI is InChI=1S/C13H11F2N3O3S/c1-2-10-12(22-18-17-10)13(20)21-6-11(19)16-7-3-4-8(14)9(15)5-7/h3-5H,2,6H2,1H3,(H,16,19). The summed E-state index contributed by atoms with van der Waals surface area (Å²) in [5.41, 5.74) is 0.560. The Hall–Kier alpha value is -2.42. The first-order chi connectivity index (χ1) is 10.5. The molecular weight excluding hydrogens is 316 g/mol. The number of hydrogen-bond acceptors (Lipinski definition) is 6. The molecule has 1 N–H and O–H groups in total. The molecule has 1 aromatic carbocycles. The minimum Gasteiger partial charge on any atom is -0.451 e. The normalized spacial score (nSPS) is 10.3. The highest BCUT2D eigenvalue weighted by atomic mass is 32.1. The Balaban J connectivity index is 1.90. The number of esters is 1. The number of nitrogens with zero attached hydrogens (tertiary/aromatic N) is 2. The van der Waals surface area contributed by atoms with Crippen LogP contribution < -0.4 is 5.32 Å². The van der Waals surface area contributed by atoms with Crippen LogP contribution in [-0.2, 0) is 16.0 Å². The van der Waals surface area contributed by atoms with Gasteiger partial charge in [0.1, 0.15) is 0 Å². The number of hydrogen-bond donors (Lipinski definition) is 1. The second kappa shape index (κ2) is 7.03. The van der Waals surface area contributed by atoms with Crippen molar-refractivity contribution in [2.45, 2.75) is 13.3 Å². The summed E-state index contributed by atoms with van der Waals surface area (Å²) in [4.78, 5) is 23.6. The Kier molecular flexibility index (Phi) is 5.10. The van der Waals surface area contributed by atoms with E-state index in [1.807, 2.05) is 6.92 Å². The van der Waals surface area contributed by atoms with Crippen LogP contribution in [0, 0.1) is 11.6 Å². The molecule has 1 heterocycles. The van der Waals surface area contributed by atoms with Crippen LogP contribution in [0.4, 0.5) is 14.5 Å². The number of amides is 1. The summed E-state index contributed by atoms with van der Waals surface area (Å²) in [7, 11) is 0. The van der Waals surface area contributed by atoms with E-state index in [1.54, 1.807) is 0 Å². The summed E-state index contributed by atoms with van der Waals surface area (Å²) < 4.78 is 34.2. The number of aromatic nitrogens is 2. The molecule has 2 aromatic rings. The molecule has 9 heteroatoms. The van der Waals surface area contributed by atoms with Crippen molar-refractivity contribution >= 4 is 29.1 Å². The van der Waals surface area contributed by atoms with Crippen molar-refractivity contribution in [2.24, 2.45) is 0 Å². The molecule has 0 atom stereocenters. The van der Waals surface area contributed by atoms with Gasteiger partial charge in [-0.15, -0.1) is 5.10 Å². The Morgan fingerprint density at radius 2 is 2.09 bits per heavy atom. The first-order valence-electron chi connectivity index (χ1n) is 6.24. The maximum Gasteiger partial charge on any atom is 0.352 e. The second-order valence-electron chi connectivity index (χ2n) is 4.16. The highest BCUT2D eigenvalue weighted by Gasteiger charge is 2.17. The third-order valence-electron chi connectivity index (χ3n) is 2.61. The molecule has 0 unspecified atom stereocenters. The largest absolute Gasteiger partial charge is 0.451 e. The van der Waals surface area contributed by atoms with Crippen molar-refractivity contribution < 1.29 is 23.1 Å². The van der Waals surface area contributed by atoms with Crippen molar-refractivity contribution in [2.75, 3.05) is 11.9 Å². The summed E-state index contributed by atoms with van der Waals surface area (Å²) in [6, 6.07) is 2.91. The quantitative estimate of drug-likeness (QED) is 0.851. The molecule has 0 saturated carbocycles. The van der Waals surface area contributed by atoms with E-state index in [0.717, 1.165) is 23.7 Å². The smallest absolute Gasteiger partial charge is 0.352 e. The molecule has 0 spiro atoms. The van der Waals surface area contributed by atoms with Crippen LogP contribution in [0.15, 0.2) is 18.2 Å². The van der Waals surface area contributed by atoms with Crippen LogP contribution >= 0.6 is 11.5 Å². The predicted molar refractivity (Wildman–Crippen MR) is 74.6 cm³/mol. The van der Waals surface area contributed by atoms with Crippen molar-refractivity contribution in [1.82, 2.24) is 9.59 Å². The molecule has 116 valence electrons. The lowest BCUT2D eigenvalue weighted by molar-refractivity contribution is -0.119. The fourth-order valence-corrected chi connectivity index (χ4v) is 2.21. The van der Waals surface area contributed by atoms with E-state index in [2.05, 4.69) is 14.9 Å². The number of nitrogens with one attached hydrogen (secondary N) is 1. The summed E-state index contributed by atoms with van der Waals surface area (Å²) in [5, 5.41) is 6.05. The van der Waals surface area contributed by atoms with Gasteiger partial charge < -0.3 is 10.1 Å². The van der Waals surface area contributed by atoms with Crippen LogP contribution in [0.2, 0.25) is 0 Å². The topological polar surface area (TPSA) is 81.2 Å². The molecule has 22 heavy (non-hydrogen) atoms. The van der Waals surface area contributed by atoms with E-state index < -0.39 is 30.1 Å². The first-order valence-corrected chi connectivity index (χ1v) is 7.01. The number of carbonyl (C=O) groups is 2. The molecule has 1 amide bonds. The van der Waals surface area contributed by atoms with Gasteiger partial charge in [-0.05, 0) is 30.1 Å². The van der Waals surface area contributed by atoms with Gasteiger partial charge in [-0.2, -0.15) is 0 Å². The van der Waals surface area contributed by atoms with Gasteiger partial charge in [0.15, 0.2) is 23.1 Å². The lowest BCUT2D eigenvalue weighted by Crippen LogP contribution is -2.21. The highest BCUT2D eigenvalue weighted by molar-refractivity contribution is 7.07. The lowest BCUT2D eigenvalue weighted by Gasteiger charge is -2.06. The third kappa shape index (κ3) is 3.82. The zero-order valence-corrected chi connectivity index (χ0v) is 12.2. The molecule has 6 nitrogen and oxygen atoms in total. The Morgan fingerprint density at radius 3 is 2.77 bits per heavy atom. The number of halogens is 2. The fourth-order valence-electron chi connectivity index (χ4n) is 1.56. The van der Waals surface area contributed by atoms with Gasteiger partial charge in [0.05, 0.1) is 5.69 Å². The summed E-state index contributed by atoms with van der Waals surface area (Å²) in [5.74, 6) is -3.48. The minimum absolute atomic E-state index is 0.0636. The average molecular weight is 327 g/mol. The molecule has 0 bridgehead atoms. The van der Waals surface area contributed by atoms with Crippen molar-refractivity contribution in [3.63, 3.8) is 0 Å². The molecular formula is C13H11F2N3O3S. The number of rotatable bonds is 5. The second-order valence-corrected chi connectivity index (χ2v) is 4.91. The molecule has 0 radical (unpaired) electrons. The SMILES string of the molecule is CCc1nnsc1C(=O)OCC(=O)Nc1ccc(F)c(F)c1. The maximum atomic E-state index is 13.0. The average Bonchev–Trinajstić information content (AvgIpc) is 2.97. The molecule has 2 rings (SSSR count). The van der Waals surface area contributed by atoms with Crippen molar-refractivity contribution in [3.05, 3.63) is 40.4 Å². The van der Waals surface area contributed by atoms with Gasteiger partial charge in [-0.25, -0.2) is 13.6 Å². The predicted octanol–water partition coefficient (Wildman–Crippen LogP) is 2.17. The Morgan fingerprint density at radius 1 is 1.32 bits per heavy atom. The van der Waals surface area contributed by atoms with Crippen molar-refractivity contribution in [3.8, 4) is 0 Å². The zero-order chi connectivity index (χ0) is 16.1. The Bertz CT molecular complexity index is 706.